The van der Waals surface area contributed by atoms with Crippen molar-refractivity contribution in [3.63, 3.8) is 0 Å². The summed E-state index contributed by atoms with van der Waals surface area (Å²) in [6.45, 7) is 0.758. The zero-order valence-corrected chi connectivity index (χ0v) is 7.89. The van der Waals surface area contributed by atoms with Crippen LogP contribution in [-0.2, 0) is 0 Å². The van der Waals surface area contributed by atoms with Crippen molar-refractivity contribution in [3.8, 4) is 0 Å². The molecule has 2 rings (SSSR count). The summed E-state index contributed by atoms with van der Waals surface area (Å²) in [5.74, 6) is 0. The van der Waals surface area contributed by atoms with E-state index in [0.29, 0.717) is 11.4 Å². The average Bonchev–Trinajstić information content (AvgIpc) is 2.53. The highest BCUT2D eigenvalue weighted by atomic mass is 35.5. The molecule has 2 unspecified atom stereocenters. The summed E-state index contributed by atoms with van der Waals surface area (Å²) >= 11 is 5.74. The van der Waals surface area contributed by atoms with Gasteiger partial charge < -0.3 is 5.32 Å². The number of nitrogens with one attached hydrogen (secondary N) is 1. The molecule has 1 aliphatic heterocycles. The minimum absolute atomic E-state index is 0.141. The van der Waals surface area contributed by atoms with Gasteiger partial charge in [0.05, 0.1) is 6.04 Å². The lowest BCUT2D eigenvalue weighted by Gasteiger charge is -2.13. The van der Waals surface area contributed by atoms with Gasteiger partial charge in [0, 0.05) is 5.02 Å². The summed E-state index contributed by atoms with van der Waals surface area (Å²) in [7, 11) is 0. The molecule has 0 bridgehead atoms. The highest BCUT2D eigenvalue weighted by Gasteiger charge is 2.27. The fourth-order valence-corrected chi connectivity index (χ4v) is 1.79. The molecule has 1 nitrogen and oxygen atoms in total. The molecule has 0 aromatic heterocycles. The number of rotatable bonds is 1. The predicted octanol–water partition coefficient (Wildman–Crippen LogP) is 2.71. The highest BCUT2D eigenvalue weighted by molar-refractivity contribution is 6.30. The van der Waals surface area contributed by atoms with Gasteiger partial charge in [-0.05, 0) is 30.7 Å². The lowest BCUT2D eigenvalue weighted by molar-refractivity contribution is 0.304. The predicted molar refractivity (Wildman–Crippen MR) is 51.7 cm³/mol. The van der Waals surface area contributed by atoms with Crippen molar-refractivity contribution in [3.05, 3.63) is 34.9 Å². The third-order valence-electron chi connectivity index (χ3n) is 2.38. The van der Waals surface area contributed by atoms with Crippen LogP contribution in [-0.4, -0.2) is 12.7 Å². The zero-order valence-electron chi connectivity index (χ0n) is 7.13. The van der Waals surface area contributed by atoms with Crippen molar-refractivity contribution < 1.29 is 4.39 Å². The standard InChI is InChI=1S/C10H11ClFN/c11-8-3-1-7(2-4-8)10-9(12)5-6-13-10/h1-4,9-10,13H,5-6H2. The molecule has 3 heteroatoms. The fourth-order valence-electron chi connectivity index (χ4n) is 1.67. The summed E-state index contributed by atoms with van der Waals surface area (Å²) in [5.41, 5.74) is 0.981. The number of halogens is 2. The van der Waals surface area contributed by atoms with Crippen molar-refractivity contribution in [2.24, 2.45) is 0 Å². The molecule has 0 saturated carbocycles. The molecular weight excluding hydrogens is 189 g/mol. The Morgan fingerprint density at radius 3 is 2.54 bits per heavy atom. The topological polar surface area (TPSA) is 12.0 Å². The van der Waals surface area contributed by atoms with E-state index in [4.69, 9.17) is 11.6 Å². The highest BCUT2D eigenvalue weighted by Crippen LogP contribution is 2.26. The Morgan fingerprint density at radius 1 is 1.31 bits per heavy atom. The Hall–Kier alpha value is -0.600. The summed E-state index contributed by atoms with van der Waals surface area (Å²) in [5, 5.41) is 3.82. The number of benzene rings is 1. The second kappa shape index (κ2) is 3.64. The first-order valence-electron chi connectivity index (χ1n) is 4.40. The van der Waals surface area contributed by atoms with E-state index in [1.54, 1.807) is 12.1 Å². The molecule has 70 valence electrons. The van der Waals surface area contributed by atoms with Gasteiger partial charge in [0.25, 0.3) is 0 Å². The first kappa shape index (κ1) is 8.97. The van der Waals surface area contributed by atoms with Crippen LogP contribution in [0.2, 0.25) is 5.02 Å². The lowest BCUT2D eigenvalue weighted by atomic mass is 10.0. The smallest absolute Gasteiger partial charge is 0.121 e. The van der Waals surface area contributed by atoms with Crippen molar-refractivity contribution in [1.29, 1.82) is 0 Å². The summed E-state index contributed by atoms with van der Waals surface area (Å²) in [6.07, 6.45) is -0.158. The molecule has 1 fully saturated rings. The van der Waals surface area contributed by atoms with Crippen LogP contribution in [0, 0.1) is 0 Å². The fraction of sp³-hybridized carbons (Fsp3) is 0.400. The van der Waals surface area contributed by atoms with E-state index in [-0.39, 0.29) is 6.04 Å². The Kier molecular flexibility index (Phi) is 2.51. The second-order valence-electron chi connectivity index (χ2n) is 3.29. The molecule has 0 spiro atoms. The molecule has 13 heavy (non-hydrogen) atoms. The Morgan fingerprint density at radius 2 is 2.00 bits per heavy atom. The van der Waals surface area contributed by atoms with Gasteiger partial charge in [-0.2, -0.15) is 0 Å². The van der Waals surface area contributed by atoms with E-state index in [1.807, 2.05) is 12.1 Å². The number of alkyl halides is 1. The number of hydrogen-bond donors (Lipinski definition) is 1. The molecule has 0 aliphatic carbocycles. The molecule has 1 aliphatic rings. The van der Waals surface area contributed by atoms with Crippen LogP contribution in [0.4, 0.5) is 4.39 Å². The van der Waals surface area contributed by atoms with Gasteiger partial charge >= 0.3 is 0 Å². The molecule has 1 heterocycles. The Bertz CT molecular complexity index is 285. The third kappa shape index (κ3) is 1.84. The van der Waals surface area contributed by atoms with Gasteiger partial charge in [-0.3, -0.25) is 0 Å². The molecule has 0 amide bonds. The zero-order chi connectivity index (χ0) is 9.26. The van der Waals surface area contributed by atoms with Crippen molar-refractivity contribution in [1.82, 2.24) is 5.32 Å². The quantitative estimate of drug-likeness (QED) is 0.734. The van der Waals surface area contributed by atoms with E-state index >= 15 is 0 Å². The van der Waals surface area contributed by atoms with E-state index in [1.165, 1.54) is 0 Å². The molecular formula is C10H11ClFN. The molecule has 1 saturated heterocycles. The summed E-state index contributed by atoms with van der Waals surface area (Å²) in [6, 6.07) is 7.19. The molecule has 0 radical (unpaired) electrons. The van der Waals surface area contributed by atoms with Crippen molar-refractivity contribution in [2.45, 2.75) is 18.6 Å². The Balaban J connectivity index is 2.20. The van der Waals surface area contributed by atoms with E-state index < -0.39 is 6.17 Å². The normalized spacial score (nSPS) is 27.8. The first-order chi connectivity index (χ1) is 6.27. The van der Waals surface area contributed by atoms with Gasteiger partial charge in [-0.1, -0.05) is 23.7 Å². The largest absolute Gasteiger partial charge is 0.307 e. The van der Waals surface area contributed by atoms with Gasteiger partial charge in [0.15, 0.2) is 0 Å². The maximum Gasteiger partial charge on any atom is 0.121 e. The van der Waals surface area contributed by atoms with Crippen LogP contribution >= 0.6 is 11.6 Å². The van der Waals surface area contributed by atoms with Crippen LogP contribution in [0.3, 0.4) is 0 Å². The van der Waals surface area contributed by atoms with E-state index in [2.05, 4.69) is 5.32 Å². The van der Waals surface area contributed by atoms with Gasteiger partial charge in [0.2, 0.25) is 0 Å². The number of hydrogen-bond acceptors (Lipinski definition) is 1. The minimum Gasteiger partial charge on any atom is -0.307 e. The molecule has 1 aromatic rings. The SMILES string of the molecule is FC1CCNC1c1ccc(Cl)cc1. The summed E-state index contributed by atoms with van der Waals surface area (Å²) < 4.78 is 13.3. The van der Waals surface area contributed by atoms with E-state index in [9.17, 15) is 4.39 Å². The van der Waals surface area contributed by atoms with Crippen LogP contribution in [0.25, 0.3) is 0 Å². The first-order valence-corrected chi connectivity index (χ1v) is 4.78. The average molecular weight is 200 g/mol. The van der Waals surface area contributed by atoms with Crippen molar-refractivity contribution in [2.75, 3.05) is 6.54 Å². The molecule has 2 atom stereocenters. The maximum absolute atomic E-state index is 13.3. The van der Waals surface area contributed by atoms with E-state index in [0.717, 1.165) is 12.1 Å². The molecule has 1 aromatic carbocycles. The van der Waals surface area contributed by atoms with Crippen LogP contribution < -0.4 is 5.32 Å². The van der Waals surface area contributed by atoms with Crippen LogP contribution in [0.15, 0.2) is 24.3 Å². The summed E-state index contributed by atoms with van der Waals surface area (Å²) in [4.78, 5) is 0. The maximum atomic E-state index is 13.3. The van der Waals surface area contributed by atoms with Crippen LogP contribution in [0.5, 0.6) is 0 Å². The van der Waals surface area contributed by atoms with Gasteiger partial charge in [-0.25, -0.2) is 4.39 Å². The van der Waals surface area contributed by atoms with Crippen LogP contribution in [0.1, 0.15) is 18.0 Å². The van der Waals surface area contributed by atoms with Gasteiger partial charge in [-0.15, -0.1) is 0 Å². The third-order valence-corrected chi connectivity index (χ3v) is 2.63. The molecule has 1 N–H and O–H groups in total. The Labute approximate surface area is 81.9 Å². The second-order valence-corrected chi connectivity index (χ2v) is 3.72. The minimum atomic E-state index is -0.763. The van der Waals surface area contributed by atoms with Crippen molar-refractivity contribution >= 4 is 11.6 Å². The lowest BCUT2D eigenvalue weighted by Crippen LogP contribution is -2.18. The van der Waals surface area contributed by atoms with Gasteiger partial charge in [0.1, 0.15) is 6.17 Å². The monoisotopic (exact) mass is 199 g/mol.